The van der Waals surface area contributed by atoms with Crippen LogP contribution in [-0.2, 0) is 4.89 Å². The first-order valence-electron chi connectivity index (χ1n) is 4.74. The molecular formula is C9H21NO2. The molecule has 0 aliphatic carbocycles. The van der Waals surface area contributed by atoms with Gasteiger partial charge in [-0.1, -0.05) is 20.8 Å². The van der Waals surface area contributed by atoms with Crippen LogP contribution in [0.25, 0.3) is 0 Å². The molecular weight excluding hydrogens is 154 g/mol. The van der Waals surface area contributed by atoms with Crippen molar-refractivity contribution in [3.8, 4) is 0 Å². The minimum atomic E-state index is 0.194. The number of hydrogen-bond acceptors (Lipinski definition) is 3. The van der Waals surface area contributed by atoms with Gasteiger partial charge >= 0.3 is 0 Å². The Labute approximate surface area is 75.0 Å². The summed E-state index contributed by atoms with van der Waals surface area (Å²) in [6.45, 7) is 8.69. The molecule has 0 saturated carbocycles. The van der Waals surface area contributed by atoms with Gasteiger partial charge in [-0.2, -0.15) is 0 Å². The molecule has 0 amide bonds. The van der Waals surface area contributed by atoms with Gasteiger partial charge in [0.25, 0.3) is 0 Å². The molecule has 0 aromatic rings. The lowest BCUT2D eigenvalue weighted by Gasteiger charge is -2.32. The Hall–Kier alpha value is -0.120. The van der Waals surface area contributed by atoms with Crippen LogP contribution in [0.5, 0.6) is 0 Å². The lowest BCUT2D eigenvalue weighted by molar-refractivity contribution is -0.263. The molecule has 1 heterocycles. The summed E-state index contributed by atoms with van der Waals surface area (Å²) in [5.41, 5.74) is 0.194. The number of nitrogens with one attached hydrogen (secondary N) is 1. The molecule has 0 atom stereocenters. The van der Waals surface area contributed by atoms with Crippen LogP contribution >= 0.6 is 0 Å². The predicted molar refractivity (Wildman–Crippen MR) is 50.1 cm³/mol. The average Bonchev–Trinajstić information content (AvgIpc) is 2.09. The predicted octanol–water partition coefficient (Wildman–Crippen LogP) is 1.89. The van der Waals surface area contributed by atoms with Crippen LogP contribution in [0.4, 0.5) is 0 Å². The van der Waals surface area contributed by atoms with E-state index in [9.17, 15) is 0 Å². The second-order valence-electron chi connectivity index (χ2n) is 3.33. The van der Waals surface area contributed by atoms with Crippen molar-refractivity contribution in [3.05, 3.63) is 0 Å². The molecule has 12 heavy (non-hydrogen) atoms. The van der Waals surface area contributed by atoms with Crippen molar-refractivity contribution in [2.75, 3.05) is 19.7 Å². The highest BCUT2D eigenvalue weighted by atomic mass is 17.1. The molecule has 3 heteroatoms. The molecule has 1 aliphatic heterocycles. The van der Waals surface area contributed by atoms with Crippen molar-refractivity contribution >= 4 is 0 Å². The fourth-order valence-electron chi connectivity index (χ4n) is 1.33. The topological polar surface area (TPSA) is 41.5 Å². The molecule has 0 bridgehead atoms. The third-order valence-electron chi connectivity index (χ3n) is 2.22. The van der Waals surface area contributed by atoms with Gasteiger partial charge in [0.05, 0.1) is 6.61 Å². The van der Waals surface area contributed by atoms with Crippen LogP contribution in [0.2, 0.25) is 0 Å². The summed E-state index contributed by atoms with van der Waals surface area (Å²) >= 11 is 0. The summed E-state index contributed by atoms with van der Waals surface area (Å²) in [7, 11) is 0. The first-order valence-corrected chi connectivity index (χ1v) is 4.74. The van der Waals surface area contributed by atoms with Gasteiger partial charge in [-0.15, -0.1) is 0 Å². The van der Waals surface area contributed by atoms with Crippen molar-refractivity contribution in [2.24, 2.45) is 5.41 Å². The van der Waals surface area contributed by atoms with Crippen LogP contribution < -0.4 is 5.32 Å². The Morgan fingerprint density at radius 1 is 1.33 bits per heavy atom. The van der Waals surface area contributed by atoms with Gasteiger partial charge in [-0.25, -0.2) is 4.89 Å². The minimum absolute atomic E-state index is 0.194. The zero-order valence-electron chi connectivity index (χ0n) is 8.39. The van der Waals surface area contributed by atoms with Crippen molar-refractivity contribution in [2.45, 2.75) is 33.6 Å². The van der Waals surface area contributed by atoms with Crippen LogP contribution in [0.1, 0.15) is 33.6 Å². The average molecular weight is 175 g/mol. The molecule has 1 rings (SSSR count). The molecule has 1 fully saturated rings. The summed E-state index contributed by atoms with van der Waals surface area (Å²) in [6, 6.07) is 0. The van der Waals surface area contributed by atoms with Gasteiger partial charge in [0.2, 0.25) is 0 Å². The molecule has 1 saturated heterocycles. The number of hydrogen-bond donors (Lipinski definition) is 2. The fourth-order valence-corrected chi connectivity index (χ4v) is 1.33. The Balaban J connectivity index is 0.000000561. The number of piperidine rings is 1. The maximum Gasteiger partial charge on any atom is 0.0874 e. The Morgan fingerprint density at radius 3 is 2.25 bits per heavy atom. The smallest absolute Gasteiger partial charge is 0.0874 e. The summed E-state index contributed by atoms with van der Waals surface area (Å²) in [4.78, 5) is 4.16. The van der Waals surface area contributed by atoms with Gasteiger partial charge < -0.3 is 5.32 Å². The van der Waals surface area contributed by atoms with E-state index in [0.717, 1.165) is 25.9 Å². The molecule has 0 aromatic heterocycles. The Morgan fingerprint density at radius 2 is 1.83 bits per heavy atom. The molecule has 1 aliphatic rings. The third-order valence-corrected chi connectivity index (χ3v) is 2.22. The van der Waals surface area contributed by atoms with Gasteiger partial charge in [0.1, 0.15) is 0 Å². The van der Waals surface area contributed by atoms with Gasteiger partial charge in [-0.05, 0) is 31.3 Å². The quantitative estimate of drug-likeness (QED) is 0.497. The third kappa shape index (κ3) is 4.04. The molecule has 3 nitrogen and oxygen atoms in total. The van der Waals surface area contributed by atoms with Crippen molar-refractivity contribution in [1.29, 1.82) is 0 Å². The van der Waals surface area contributed by atoms with E-state index in [-0.39, 0.29) is 5.41 Å². The number of rotatable bonds is 2. The summed E-state index contributed by atoms with van der Waals surface area (Å²) in [5, 5.41) is 11.5. The Bertz CT molecular complexity index is 95.2. The lowest BCUT2D eigenvalue weighted by Crippen LogP contribution is -2.37. The highest BCUT2D eigenvalue weighted by Gasteiger charge is 2.26. The standard InChI is InChI=1S/C7H15NO2.C2H6/c1-7(6-10-9)2-4-8-5-3-7;1-2/h8-9H,2-6H2,1H3;1-2H3. The zero-order chi connectivity index (χ0) is 9.45. The highest BCUT2D eigenvalue weighted by molar-refractivity contribution is 4.79. The molecule has 2 N–H and O–H groups in total. The van der Waals surface area contributed by atoms with Crippen molar-refractivity contribution in [1.82, 2.24) is 5.32 Å². The highest BCUT2D eigenvalue weighted by Crippen LogP contribution is 2.27. The second kappa shape index (κ2) is 6.40. The molecule has 0 radical (unpaired) electrons. The van der Waals surface area contributed by atoms with E-state index < -0.39 is 0 Å². The monoisotopic (exact) mass is 175 g/mol. The molecule has 0 unspecified atom stereocenters. The van der Waals surface area contributed by atoms with E-state index in [0.29, 0.717) is 6.61 Å². The van der Waals surface area contributed by atoms with E-state index in [2.05, 4.69) is 17.1 Å². The van der Waals surface area contributed by atoms with E-state index in [1.165, 1.54) is 0 Å². The normalized spacial score (nSPS) is 21.0. The molecule has 74 valence electrons. The van der Waals surface area contributed by atoms with Crippen LogP contribution in [0.15, 0.2) is 0 Å². The second-order valence-corrected chi connectivity index (χ2v) is 3.33. The van der Waals surface area contributed by atoms with Crippen LogP contribution in [0.3, 0.4) is 0 Å². The van der Waals surface area contributed by atoms with Crippen LogP contribution in [0, 0.1) is 5.41 Å². The van der Waals surface area contributed by atoms with Crippen molar-refractivity contribution < 1.29 is 10.1 Å². The fraction of sp³-hybridized carbons (Fsp3) is 1.00. The summed E-state index contributed by atoms with van der Waals surface area (Å²) in [5.74, 6) is 0. The summed E-state index contributed by atoms with van der Waals surface area (Å²) in [6.07, 6.45) is 2.18. The first-order chi connectivity index (χ1) is 5.77. The van der Waals surface area contributed by atoms with Gasteiger partial charge in [0.15, 0.2) is 0 Å². The van der Waals surface area contributed by atoms with Crippen molar-refractivity contribution in [3.63, 3.8) is 0 Å². The van der Waals surface area contributed by atoms with Gasteiger partial charge in [-0.3, -0.25) is 5.26 Å². The van der Waals surface area contributed by atoms with E-state index >= 15 is 0 Å². The first kappa shape index (κ1) is 11.9. The largest absolute Gasteiger partial charge is 0.317 e. The maximum absolute atomic E-state index is 8.26. The van der Waals surface area contributed by atoms with Crippen LogP contribution in [-0.4, -0.2) is 25.0 Å². The molecule has 0 aromatic carbocycles. The Kier molecular flexibility index (Phi) is 6.34. The SMILES string of the molecule is CC.CC1(COO)CCNCC1. The lowest BCUT2D eigenvalue weighted by atomic mass is 9.82. The minimum Gasteiger partial charge on any atom is -0.317 e. The van der Waals surface area contributed by atoms with E-state index in [1.807, 2.05) is 13.8 Å². The van der Waals surface area contributed by atoms with E-state index in [1.54, 1.807) is 0 Å². The van der Waals surface area contributed by atoms with E-state index in [4.69, 9.17) is 5.26 Å². The maximum atomic E-state index is 8.26. The van der Waals surface area contributed by atoms with Gasteiger partial charge in [0, 0.05) is 0 Å². The molecule has 0 spiro atoms. The zero-order valence-corrected chi connectivity index (χ0v) is 8.39. The summed E-state index contributed by atoms with van der Waals surface area (Å²) < 4.78 is 0.